The van der Waals surface area contributed by atoms with E-state index in [9.17, 15) is 0 Å². The summed E-state index contributed by atoms with van der Waals surface area (Å²) in [5.41, 5.74) is 1.70. The molecule has 0 fully saturated rings. The molecule has 1 aromatic rings. The molecule has 0 aliphatic rings. The lowest BCUT2D eigenvalue weighted by Gasteiger charge is -2.15. The highest BCUT2D eigenvalue weighted by molar-refractivity contribution is 7.10. The quantitative estimate of drug-likeness (QED) is 0.806. The number of hydrogen-bond acceptors (Lipinski definition) is 2. The van der Waals surface area contributed by atoms with Crippen LogP contribution in [0.4, 0.5) is 0 Å². The van der Waals surface area contributed by atoms with Gasteiger partial charge in [-0.05, 0) is 22.4 Å². The zero-order valence-corrected chi connectivity index (χ0v) is 10.7. The lowest BCUT2D eigenvalue weighted by atomic mass is 9.94. The fraction of sp³-hybridized carbons (Fsp3) is 0.667. The van der Waals surface area contributed by atoms with Gasteiger partial charge in [-0.15, -0.1) is 11.3 Å². The predicted octanol–water partition coefficient (Wildman–Crippen LogP) is 3.54. The van der Waals surface area contributed by atoms with Crippen LogP contribution in [0.25, 0.3) is 0 Å². The van der Waals surface area contributed by atoms with Gasteiger partial charge in [-0.25, -0.2) is 0 Å². The minimum absolute atomic E-state index is 0.292. The van der Waals surface area contributed by atoms with E-state index in [2.05, 4.69) is 51.4 Å². The Morgan fingerprint density at radius 2 is 2.00 bits per heavy atom. The highest BCUT2D eigenvalue weighted by Gasteiger charge is 2.15. The second-order valence-electron chi connectivity index (χ2n) is 5.10. The van der Waals surface area contributed by atoms with Crippen LogP contribution < -0.4 is 5.32 Å². The number of rotatable bonds is 3. The molecule has 0 amide bonds. The van der Waals surface area contributed by atoms with Crippen LogP contribution in [-0.4, -0.2) is 6.04 Å². The van der Waals surface area contributed by atoms with Crippen LogP contribution in [0.1, 0.15) is 45.1 Å². The summed E-state index contributed by atoms with van der Waals surface area (Å²) >= 11 is 1.87. The topological polar surface area (TPSA) is 12.0 Å². The molecule has 0 bridgehead atoms. The molecule has 0 unspecified atom stereocenters. The minimum Gasteiger partial charge on any atom is -0.310 e. The molecular formula is C12H21NS. The van der Waals surface area contributed by atoms with Gasteiger partial charge in [0.05, 0.1) is 0 Å². The molecule has 0 aliphatic carbocycles. The van der Waals surface area contributed by atoms with E-state index in [4.69, 9.17) is 0 Å². The highest BCUT2D eigenvalue weighted by Crippen LogP contribution is 2.28. The van der Waals surface area contributed by atoms with Gasteiger partial charge in [0.1, 0.15) is 0 Å². The van der Waals surface area contributed by atoms with E-state index >= 15 is 0 Å². The summed E-state index contributed by atoms with van der Waals surface area (Å²) in [6.45, 7) is 12.1. The summed E-state index contributed by atoms with van der Waals surface area (Å²) in [6, 6.07) is 2.88. The molecule has 0 aromatic carbocycles. The Bertz CT molecular complexity index is 281. The second kappa shape index (κ2) is 4.45. The first kappa shape index (κ1) is 11.7. The zero-order valence-electron chi connectivity index (χ0n) is 9.85. The van der Waals surface area contributed by atoms with Crippen molar-refractivity contribution >= 4 is 11.3 Å². The highest BCUT2D eigenvalue weighted by atomic mass is 32.1. The van der Waals surface area contributed by atoms with Gasteiger partial charge < -0.3 is 5.32 Å². The van der Waals surface area contributed by atoms with E-state index in [1.807, 2.05) is 11.3 Å². The van der Waals surface area contributed by atoms with E-state index in [1.54, 1.807) is 0 Å². The molecular weight excluding hydrogens is 190 g/mol. The number of thiophene rings is 1. The Kier molecular flexibility index (Phi) is 3.73. The minimum atomic E-state index is 0.292. The maximum Gasteiger partial charge on any atom is 0.0216 e. The fourth-order valence-corrected chi connectivity index (χ4v) is 2.19. The molecule has 0 aliphatic heterocycles. The van der Waals surface area contributed by atoms with Gasteiger partial charge in [-0.1, -0.05) is 34.6 Å². The van der Waals surface area contributed by atoms with E-state index in [-0.39, 0.29) is 0 Å². The van der Waals surface area contributed by atoms with Crippen molar-refractivity contribution in [3.05, 3.63) is 21.9 Å². The Morgan fingerprint density at radius 3 is 2.43 bits per heavy atom. The largest absolute Gasteiger partial charge is 0.310 e. The number of nitrogens with one attached hydrogen (secondary N) is 1. The summed E-state index contributed by atoms with van der Waals surface area (Å²) in [4.78, 5) is 1.47. The lowest BCUT2D eigenvalue weighted by Crippen LogP contribution is -2.21. The van der Waals surface area contributed by atoms with Crippen molar-refractivity contribution < 1.29 is 0 Å². The average Bonchev–Trinajstić information content (AvgIpc) is 2.47. The summed E-state index contributed by atoms with van der Waals surface area (Å²) in [5, 5.41) is 5.69. The van der Waals surface area contributed by atoms with Gasteiger partial charge in [-0.3, -0.25) is 0 Å². The molecule has 2 heteroatoms. The maximum absolute atomic E-state index is 3.43. The van der Waals surface area contributed by atoms with E-state index in [0.717, 1.165) is 6.54 Å². The van der Waals surface area contributed by atoms with E-state index < -0.39 is 0 Å². The third-order valence-electron chi connectivity index (χ3n) is 2.11. The second-order valence-corrected chi connectivity index (χ2v) is 6.02. The van der Waals surface area contributed by atoms with Crippen LogP contribution in [0.3, 0.4) is 0 Å². The number of hydrogen-bond donors (Lipinski definition) is 1. The van der Waals surface area contributed by atoms with Crippen molar-refractivity contribution in [2.75, 3.05) is 0 Å². The molecule has 1 rings (SSSR count). The monoisotopic (exact) mass is 211 g/mol. The van der Waals surface area contributed by atoms with Crippen LogP contribution in [0.5, 0.6) is 0 Å². The molecule has 0 atom stereocenters. The molecule has 80 valence electrons. The average molecular weight is 211 g/mol. The molecule has 1 nitrogen and oxygen atoms in total. The first-order chi connectivity index (χ1) is 6.39. The van der Waals surface area contributed by atoms with Crippen molar-refractivity contribution in [3.8, 4) is 0 Å². The Hall–Kier alpha value is -0.340. The van der Waals surface area contributed by atoms with Crippen molar-refractivity contribution in [2.45, 2.75) is 52.6 Å². The summed E-state index contributed by atoms with van der Waals surface area (Å²) in [6.07, 6.45) is 0. The van der Waals surface area contributed by atoms with Gasteiger partial charge in [0, 0.05) is 17.5 Å². The normalized spacial score (nSPS) is 12.4. The van der Waals surface area contributed by atoms with Crippen molar-refractivity contribution in [2.24, 2.45) is 0 Å². The molecule has 1 N–H and O–H groups in total. The molecule has 14 heavy (non-hydrogen) atoms. The molecule has 0 radical (unpaired) electrons. The Morgan fingerprint density at radius 1 is 1.36 bits per heavy atom. The predicted molar refractivity (Wildman–Crippen MR) is 65.0 cm³/mol. The first-order valence-corrected chi connectivity index (χ1v) is 6.09. The third kappa shape index (κ3) is 3.43. The fourth-order valence-electron chi connectivity index (χ4n) is 1.18. The van der Waals surface area contributed by atoms with Crippen molar-refractivity contribution in [3.63, 3.8) is 0 Å². The van der Waals surface area contributed by atoms with E-state index in [0.29, 0.717) is 11.5 Å². The summed E-state index contributed by atoms with van der Waals surface area (Å²) in [5.74, 6) is 0. The van der Waals surface area contributed by atoms with Crippen LogP contribution in [0.2, 0.25) is 0 Å². The zero-order chi connectivity index (χ0) is 10.8. The molecule has 0 spiro atoms. The third-order valence-corrected chi connectivity index (χ3v) is 3.51. The molecule has 1 heterocycles. The molecule has 0 saturated heterocycles. The summed E-state index contributed by atoms with van der Waals surface area (Å²) < 4.78 is 0. The van der Waals surface area contributed by atoms with Crippen molar-refractivity contribution in [1.29, 1.82) is 0 Å². The first-order valence-electron chi connectivity index (χ1n) is 5.21. The Balaban J connectivity index is 2.60. The standard InChI is InChI=1S/C12H21NS/c1-9(2)13-7-10-6-11(14-8-10)12(3,4)5/h6,8-9,13H,7H2,1-5H3. The van der Waals surface area contributed by atoms with Crippen LogP contribution >= 0.6 is 11.3 Å². The van der Waals surface area contributed by atoms with Gasteiger partial charge in [0.15, 0.2) is 0 Å². The molecule has 1 aromatic heterocycles. The van der Waals surface area contributed by atoms with Gasteiger partial charge in [-0.2, -0.15) is 0 Å². The van der Waals surface area contributed by atoms with E-state index in [1.165, 1.54) is 10.4 Å². The maximum atomic E-state index is 3.43. The smallest absolute Gasteiger partial charge is 0.0216 e. The SMILES string of the molecule is CC(C)NCc1csc(C(C)(C)C)c1. The van der Waals surface area contributed by atoms with Gasteiger partial charge in [0.2, 0.25) is 0 Å². The van der Waals surface area contributed by atoms with Gasteiger partial charge >= 0.3 is 0 Å². The van der Waals surface area contributed by atoms with Crippen LogP contribution in [-0.2, 0) is 12.0 Å². The Labute approximate surface area is 91.5 Å². The van der Waals surface area contributed by atoms with Crippen molar-refractivity contribution in [1.82, 2.24) is 5.32 Å². The molecule has 0 saturated carbocycles. The lowest BCUT2D eigenvalue weighted by molar-refractivity contribution is 0.585. The van der Waals surface area contributed by atoms with Crippen LogP contribution in [0.15, 0.2) is 11.4 Å². The van der Waals surface area contributed by atoms with Crippen LogP contribution in [0, 0.1) is 0 Å². The summed E-state index contributed by atoms with van der Waals surface area (Å²) in [7, 11) is 0. The van der Waals surface area contributed by atoms with Gasteiger partial charge in [0.25, 0.3) is 0 Å².